The molecule has 200 valence electrons. The highest BCUT2D eigenvalue weighted by Crippen LogP contribution is 2.29. The number of benzene rings is 4. The largest absolute Gasteiger partial charge is 0.493 e. The Morgan fingerprint density at radius 2 is 1.60 bits per heavy atom. The van der Waals surface area contributed by atoms with Gasteiger partial charge in [-0.3, -0.25) is 9.36 Å². The molecule has 9 heteroatoms. The number of carbonyl (C=O) groups is 1. The fourth-order valence-corrected chi connectivity index (χ4v) is 4.65. The van der Waals surface area contributed by atoms with E-state index in [9.17, 15) is 4.79 Å². The standard InChI is InChI=1S/C31H27N5O3S/c1-38-27-18-17-24(19-28(27)39-21-23-11-5-2-6-12-23)20-32-33-29(37)22-40-31-35-34-30(25-13-7-3-8-14-25)36(31)26-15-9-4-10-16-26/h2-20H,21-22H2,1H3,(H,33,37)/b32-20+. The molecule has 4 aromatic carbocycles. The normalized spacial score (nSPS) is 10.9. The zero-order valence-electron chi connectivity index (χ0n) is 21.8. The average Bonchev–Trinajstić information content (AvgIpc) is 3.44. The van der Waals surface area contributed by atoms with Gasteiger partial charge in [0, 0.05) is 11.3 Å². The van der Waals surface area contributed by atoms with E-state index < -0.39 is 0 Å². The number of ether oxygens (including phenoxy) is 2. The van der Waals surface area contributed by atoms with Gasteiger partial charge < -0.3 is 9.47 Å². The van der Waals surface area contributed by atoms with Gasteiger partial charge in [-0.25, -0.2) is 5.43 Å². The van der Waals surface area contributed by atoms with Crippen LogP contribution in [-0.4, -0.2) is 39.7 Å². The Labute approximate surface area is 236 Å². The summed E-state index contributed by atoms with van der Waals surface area (Å²) in [5.74, 6) is 1.76. The van der Waals surface area contributed by atoms with Crippen molar-refractivity contribution in [2.24, 2.45) is 5.10 Å². The molecule has 0 bridgehead atoms. The second-order valence-electron chi connectivity index (χ2n) is 8.61. The summed E-state index contributed by atoms with van der Waals surface area (Å²) in [5.41, 5.74) is 6.24. The molecule has 0 aliphatic rings. The lowest BCUT2D eigenvalue weighted by atomic mass is 10.2. The zero-order chi connectivity index (χ0) is 27.6. The van der Waals surface area contributed by atoms with Crippen molar-refractivity contribution in [3.05, 3.63) is 120 Å². The van der Waals surface area contributed by atoms with E-state index in [2.05, 4.69) is 20.7 Å². The predicted octanol–water partition coefficient (Wildman–Crippen LogP) is 5.76. The number of nitrogens with one attached hydrogen (secondary N) is 1. The van der Waals surface area contributed by atoms with E-state index in [-0.39, 0.29) is 11.7 Å². The summed E-state index contributed by atoms with van der Waals surface area (Å²) >= 11 is 1.29. The van der Waals surface area contributed by atoms with Crippen LogP contribution in [0.25, 0.3) is 17.1 Å². The lowest BCUT2D eigenvalue weighted by Crippen LogP contribution is -2.20. The number of thioether (sulfide) groups is 1. The fraction of sp³-hybridized carbons (Fsp3) is 0.0968. The summed E-state index contributed by atoms with van der Waals surface area (Å²) in [6.45, 7) is 0.408. The highest BCUT2D eigenvalue weighted by Gasteiger charge is 2.17. The third-order valence-electron chi connectivity index (χ3n) is 5.84. The number of aromatic nitrogens is 3. The van der Waals surface area contributed by atoms with Gasteiger partial charge in [0.1, 0.15) is 6.61 Å². The van der Waals surface area contributed by atoms with Gasteiger partial charge in [-0.15, -0.1) is 10.2 Å². The molecule has 5 rings (SSSR count). The van der Waals surface area contributed by atoms with Crippen LogP contribution in [0, 0.1) is 0 Å². The molecular weight excluding hydrogens is 522 g/mol. The van der Waals surface area contributed by atoms with Crippen molar-refractivity contribution < 1.29 is 14.3 Å². The van der Waals surface area contributed by atoms with Crippen molar-refractivity contribution in [2.75, 3.05) is 12.9 Å². The molecule has 8 nitrogen and oxygen atoms in total. The maximum atomic E-state index is 12.6. The van der Waals surface area contributed by atoms with Crippen LogP contribution in [0.15, 0.2) is 119 Å². The summed E-state index contributed by atoms with van der Waals surface area (Å²) < 4.78 is 13.3. The van der Waals surface area contributed by atoms with Crippen molar-refractivity contribution in [1.29, 1.82) is 0 Å². The van der Waals surface area contributed by atoms with Crippen LogP contribution in [0.4, 0.5) is 0 Å². The molecule has 1 amide bonds. The smallest absolute Gasteiger partial charge is 0.250 e. The van der Waals surface area contributed by atoms with Crippen LogP contribution in [0.5, 0.6) is 11.5 Å². The van der Waals surface area contributed by atoms with E-state index >= 15 is 0 Å². The first-order valence-corrected chi connectivity index (χ1v) is 13.6. The third kappa shape index (κ3) is 6.75. The highest BCUT2D eigenvalue weighted by atomic mass is 32.2. The first-order chi connectivity index (χ1) is 19.7. The average molecular weight is 550 g/mol. The van der Waals surface area contributed by atoms with Crippen LogP contribution in [0.1, 0.15) is 11.1 Å². The summed E-state index contributed by atoms with van der Waals surface area (Å²) in [6, 6.07) is 35.0. The van der Waals surface area contributed by atoms with Crippen molar-refractivity contribution >= 4 is 23.9 Å². The molecule has 1 N–H and O–H groups in total. The van der Waals surface area contributed by atoms with E-state index in [0.717, 1.165) is 22.4 Å². The Balaban J connectivity index is 1.23. The number of methoxy groups -OCH3 is 1. The van der Waals surface area contributed by atoms with Gasteiger partial charge in [-0.2, -0.15) is 5.10 Å². The van der Waals surface area contributed by atoms with E-state index in [1.54, 1.807) is 19.4 Å². The lowest BCUT2D eigenvalue weighted by Gasteiger charge is -2.11. The molecule has 1 aromatic heterocycles. The minimum absolute atomic E-state index is 0.116. The van der Waals surface area contributed by atoms with Crippen LogP contribution in [-0.2, 0) is 11.4 Å². The quantitative estimate of drug-likeness (QED) is 0.128. The highest BCUT2D eigenvalue weighted by molar-refractivity contribution is 7.99. The summed E-state index contributed by atoms with van der Waals surface area (Å²) in [7, 11) is 1.60. The number of nitrogens with zero attached hydrogens (tertiary/aromatic N) is 4. The number of para-hydroxylation sites is 1. The molecule has 0 aliphatic carbocycles. The predicted molar refractivity (Wildman–Crippen MR) is 157 cm³/mol. The van der Waals surface area contributed by atoms with Crippen LogP contribution in [0.2, 0.25) is 0 Å². The van der Waals surface area contributed by atoms with Crippen molar-refractivity contribution in [2.45, 2.75) is 11.8 Å². The first-order valence-electron chi connectivity index (χ1n) is 12.6. The number of amides is 1. The van der Waals surface area contributed by atoms with Crippen LogP contribution in [0.3, 0.4) is 0 Å². The van der Waals surface area contributed by atoms with Gasteiger partial charge in [-0.05, 0) is 41.5 Å². The van der Waals surface area contributed by atoms with E-state index in [1.807, 2.05) is 108 Å². The zero-order valence-corrected chi connectivity index (χ0v) is 22.6. The Morgan fingerprint density at radius 1 is 0.900 bits per heavy atom. The molecular formula is C31H27N5O3S. The van der Waals surface area contributed by atoms with E-state index in [1.165, 1.54) is 11.8 Å². The molecule has 0 unspecified atom stereocenters. The number of carbonyl (C=O) groups excluding carboxylic acids is 1. The van der Waals surface area contributed by atoms with Crippen molar-refractivity contribution in [3.63, 3.8) is 0 Å². The van der Waals surface area contributed by atoms with E-state index in [0.29, 0.717) is 29.1 Å². The Bertz CT molecular complexity index is 1580. The Kier molecular flexibility index (Phi) is 8.85. The second-order valence-corrected chi connectivity index (χ2v) is 9.55. The minimum Gasteiger partial charge on any atom is -0.493 e. The molecule has 0 fully saturated rings. The molecule has 0 radical (unpaired) electrons. The van der Waals surface area contributed by atoms with Crippen LogP contribution < -0.4 is 14.9 Å². The van der Waals surface area contributed by atoms with Gasteiger partial charge in [-0.1, -0.05) is 90.6 Å². The maximum Gasteiger partial charge on any atom is 0.250 e. The molecule has 40 heavy (non-hydrogen) atoms. The first kappa shape index (κ1) is 26.7. The molecule has 0 atom stereocenters. The molecule has 0 aliphatic heterocycles. The number of hydrazone groups is 1. The number of hydrogen-bond acceptors (Lipinski definition) is 7. The van der Waals surface area contributed by atoms with Gasteiger partial charge in [0.2, 0.25) is 0 Å². The van der Waals surface area contributed by atoms with Gasteiger partial charge >= 0.3 is 0 Å². The molecule has 1 heterocycles. The fourth-order valence-electron chi connectivity index (χ4n) is 3.91. The molecule has 5 aromatic rings. The number of hydrogen-bond donors (Lipinski definition) is 1. The molecule has 0 spiro atoms. The monoisotopic (exact) mass is 549 g/mol. The third-order valence-corrected chi connectivity index (χ3v) is 6.77. The maximum absolute atomic E-state index is 12.6. The minimum atomic E-state index is -0.265. The van der Waals surface area contributed by atoms with Crippen molar-refractivity contribution in [1.82, 2.24) is 20.2 Å². The Hall–Kier alpha value is -4.89. The summed E-state index contributed by atoms with van der Waals surface area (Å²) in [4.78, 5) is 12.6. The van der Waals surface area contributed by atoms with Gasteiger partial charge in [0.05, 0.1) is 19.1 Å². The summed E-state index contributed by atoms with van der Waals surface area (Å²) in [5, 5.41) is 13.5. The lowest BCUT2D eigenvalue weighted by molar-refractivity contribution is -0.118. The topological polar surface area (TPSA) is 90.6 Å². The van der Waals surface area contributed by atoms with Gasteiger partial charge in [0.25, 0.3) is 5.91 Å². The molecule has 0 saturated heterocycles. The van der Waals surface area contributed by atoms with Crippen LogP contribution >= 0.6 is 11.8 Å². The summed E-state index contributed by atoms with van der Waals surface area (Å²) in [6.07, 6.45) is 1.57. The Morgan fingerprint density at radius 3 is 2.33 bits per heavy atom. The SMILES string of the molecule is COc1ccc(/C=N/NC(=O)CSc2nnc(-c3ccccc3)n2-c2ccccc2)cc1OCc1ccccc1. The van der Waals surface area contributed by atoms with Gasteiger partial charge in [0.15, 0.2) is 22.5 Å². The molecule has 0 saturated carbocycles. The number of rotatable bonds is 11. The van der Waals surface area contributed by atoms with E-state index in [4.69, 9.17) is 9.47 Å². The second kappa shape index (κ2) is 13.3. The van der Waals surface area contributed by atoms with Crippen molar-refractivity contribution in [3.8, 4) is 28.6 Å².